The zero-order valence-electron chi connectivity index (χ0n) is 15.9. The minimum Gasteiger partial charge on any atom is -0.495 e. The van der Waals surface area contributed by atoms with Crippen LogP contribution in [0.5, 0.6) is 5.75 Å². The molecule has 0 radical (unpaired) electrons. The van der Waals surface area contributed by atoms with E-state index in [0.717, 1.165) is 6.26 Å². The van der Waals surface area contributed by atoms with Gasteiger partial charge in [-0.05, 0) is 37.1 Å². The molecule has 1 heterocycles. The molecule has 1 amide bonds. The van der Waals surface area contributed by atoms with Gasteiger partial charge in [0.25, 0.3) is 11.5 Å². The number of nitrogens with one attached hydrogen (secondary N) is 1. The summed E-state index contributed by atoms with van der Waals surface area (Å²) in [6.07, 6.45) is 2.14. The third kappa shape index (κ3) is 4.58. The van der Waals surface area contributed by atoms with Gasteiger partial charge in [0, 0.05) is 30.6 Å². The van der Waals surface area contributed by atoms with Crippen molar-refractivity contribution in [3.05, 3.63) is 50.9 Å². The van der Waals surface area contributed by atoms with E-state index in [4.69, 9.17) is 33.1 Å². The lowest BCUT2D eigenvalue weighted by Gasteiger charge is -2.25. The monoisotopic (exact) mass is 462 g/mol. The smallest absolute Gasteiger partial charge is 0.264 e. The molecule has 0 fully saturated rings. The summed E-state index contributed by atoms with van der Waals surface area (Å²) in [5.41, 5.74) is 1.99. The van der Waals surface area contributed by atoms with E-state index in [1.807, 2.05) is 0 Å². The lowest BCUT2D eigenvalue weighted by atomic mass is 10.1. The van der Waals surface area contributed by atoms with Gasteiger partial charge in [-0.15, -0.1) is 0 Å². The van der Waals surface area contributed by atoms with Gasteiger partial charge in [0.1, 0.15) is 10.8 Å². The van der Waals surface area contributed by atoms with E-state index in [0.29, 0.717) is 16.9 Å². The molecule has 0 bridgehead atoms. The molecule has 0 saturated heterocycles. The lowest BCUT2D eigenvalue weighted by Crippen LogP contribution is -2.49. The number of carbonyl (C=O) groups is 1. The maximum Gasteiger partial charge on any atom is 0.264 e. The number of pyridine rings is 1. The van der Waals surface area contributed by atoms with E-state index in [9.17, 15) is 18.0 Å². The first kappa shape index (κ1) is 23.2. The van der Waals surface area contributed by atoms with Gasteiger partial charge in [0.2, 0.25) is 0 Å². The third-order valence-corrected chi connectivity index (χ3v) is 7.69. The van der Waals surface area contributed by atoms with E-state index in [1.54, 1.807) is 18.2 Å². The zero-order chi connectivity index (χ0) is 22.0. The topological polar surface area (TPSA) is 115 Å². The molecule has 1 aromatic carbocycles. The highest BCUT2D eigenvalue weighted by atomic mass is 35.5. The van der Waals surface area contributed by atoms with Crippen LogP contribution in [0.4, 0.5) is 0 Å². The molecule has 2 N–H and O–H groups in total. The Morgan fingerprint density at radius 3 is 2.45 bits per heavy atom. The summed E-state index contributed by atoms with van der Waals surface area (Å²) < 4.78 is 28.5. The molecule has 0 aliphatic heterocycles. The Labute approximate surface area is 177 Å². The summed E-state index contributed by atoms with van der Waals surface area (Å²) in [5.74, 6) is -0.666. The zero-order valence-corrected chi connectivity index (χ0v) is 18.2. The Morgan fingerprint density at radius 2 is 1.93 bits per heavy atom. The van der Waals surface area contributed by atoms with Gasteiger partial charge < -0.3 is 9.30 Å². The molecule has 1 atom stereocenters. The number of benzene rings is 1. The second kappa shape index (κ2) is 8.74. The van der Waals surface area contributed by atoms with Crippen molar-refractivity contribution in [3.8, 4) is 16.9 Å². The summed E-state index contributed by atoms with van der Waals surface area (Å²) in [5, 5.41) is 9.32. The number of hydrogen-bond acceptors (Lipinski definition) is 6. The fourth-order valence-corrected chi connectivity index (χ4v) is 4.04. The van der Waals surface area contributed by atoms with Gasteiger partial charge in [-0.2, -0.15) is 0 Å². The summed E-state index contributed by atoms with van der Waals surface area (Å²) in [6.45, 7) is 1.12. The van der Waals surface area contributed by atoms with Crippen molar-refractivity contribution in [2.24, 2.45) is 0 Å². The molecule has 29 heavy (non-hydrogen) atoms. The maximum absolute atomic E-state index is 12.5. The van der Waals surface area contributed by atoms with Crippen LogP contribution in [0.1, 0.15) is 13.3 Å². The van der Waals surface area contributed by atoms with Crippen molar-refractivity contribution in [2.45, 2.75) is 24.6 Å². The first-order valence-electron chi connectivity index (χ1n) is 8.33. The van der Waals surface area contributed by atoms with Crippen molar-refractivity contribution >= 4 is 38.9 Å². The van der Waals surface area contributed by atoms with Gasteiger partial charge in [-0.1, -0.05) is 23.2 Å². The molecule has 8 nitrogen and oxygen atoms in total. The summed E-state index contributed by atoms with van der Waals surface area (Å²) in [6, 6.07) is 6.24. The number of sulfone groups is 1. The van der Waals surface area contributed by atoms with Crippen LogP contribution in [-0.4, -0.2) is 42.2 Å². The Hall–Kier alpha value is -2.07. The number of hydrogen-bond donors (Lipinski definition) is 2. The second-order valence-electron chi connectivity index (χ2n) is 6.58. The Kier molecular flexibility index (Phi) is 7.00. The minimum absolute atomic E-state index is 0.0623. The average Bonchev–Trinajstić information content (AvgIpc) is 2.67. The van der Waals surface area contributed by atoms with Crippen LogP contribution in [-0.2, 0) is 21.2 Å². The number of hydroxylamine groups is 1. The van der Waals surface area contributed by atoms with E-state index in [1.165, 1.54) is 36.3 Å². The number of ether oxygens (including phenoxy) is 1. The molecule has 0 aliphatic carbocycles. The number of amides is 1. The van der Waals surface area contributed by atoms with E-state index >= 15 is 0 Å². The van der Waals surface area contributed by atoms with Gasteiger partial charge >= 0.3 is 0 Å². The maximum atomic E-state index is 12.5. The standard InChI is InChI=1S/C18H20Cl2N2O6S/c1-18(17(24)21-25,29(3,26)27)7-9-22-8-6-11(10-14(22)23)12-4-5-13(28-2)16(20)15(12)19/h4-6,8,10,25H,7,9H2,1-3H3,(H,21,24)/t18-/m1/s1. The van der Waals surface area contributed by atoms with Gasteiger partial charge in [0.15, 0.2) is 14.6 Å². The quantitative estimate of drug-likeness (QED) is 0.482. The molecule has 2 aromatic rings. The molecule has 11 heteroatoms. The van der Waals surface area contributed by atoms with Crippen molar-refractivity contribution in [1.29, 1.82) is 0 Å². The molecule has 2 rings (SSSR count). The second-order valence-corrected chi connectivity index (χ2v) is 9.79. The van der Waals surface area contributed by atoms with Crippen molar-refractivity contribution in [3.63, 3.8) is 0 Å². The van der Waals surface area contributed by atoms with Gasteiger partial charge in [0.05, 0.1) is 12.1 Å². The number of aromatic nitrogens is 1. The molecular weight excluding hydrogens is 443 g/mol. The molecular formula is C18H20Cl2N2O6S. The number of methoxy groups -OCH3 is 1. The van der Waals surface area contributed by atoms with Crippen molar-refractivity contribution in [1.82, 2.24) is 10.0 Å². The Balaban J connectivity index is 2.35. The predicted molar refractivity (Wildman–Crippen MR) is 111 cm³/mol. The highest BCUT2D eigenvalue weighted by molar-refractivity contribution is 7.92. The highest BCUT2D eigenvalue weighted by Crippen LogP contribution is 2.39. The van der Waals surface area contributed by atoms with Crippen LogP contribution in [0.25, 0.3) is 11.1 Å². The molecule has 0 spiro atoms. The van der Waals surface area contributed by atoms with Crippen LogP contribution in [0.15, 0.2) is 35.3 Å². The number of carbonyl (C=O) groups excluding carboxylic acids is 1. The van der Waals surface area contributed by atoms with E-state index in [-0.39, 0.29) is 23.0 Å². The fraction of sp³-hybridized carbons (Fsp3) is 0.333. The van der Waals surface area contributed by atoms with E-state index < -0.39 is 26.1 Å². The number of rotatable bonds is 7. The first-order chi connectivity index (χ1) is 13.5. The third-order valence-electron chi connectivity index (χ3n) is 4.80. The summed E-state index contributed by atoms with van der Waals surface area (Å²) in [7, 11) is -2.40. The summed E-state index contributed by atoms with van der Waals surface area (Å²) >= 11 is 12.4. The van der Waals surface area contributed by atoms with Crippen molar-refractivity contribution < 1.29 is 23.2 Å². The number of nitrogens with zero attached hydrogens (tertiary/aromatic N) is 1. The molecule has 0 unspecified atom stereocenters. The van der Waals surface area contributed by atoms with Crippen LogP contribution in [0, 0.1) is 0 Å². The van der Waals surface area contributed by atoms with E-state index in [2.05, 4.69) is 0 Å². The normalized spacial score (nSPS) is 13.6. The van der Waals surface area contributed by atoms with Crippen LogP contribution < -0.4 is 15.8 Å². The molecule has 0 aliphatic rings. The minimum atomic E-state index is -3.86. The van der Waals surface area contributed by atoms with Crippen molar-refractivity contribution in [2.75, 3.05) is 13.4 Å². The van der Waals surface area contributed by atoms with Crippen LogP contribution >= 0.6 is 23.2 Å². The van der Waals surface area contributed by atoms with Gasteiger partial charge in [-0.25, -0.2) is 13.9 Å². The van der Waals surface area contributed by atoms with Crippen LogP contribution in [0.2, 0.25) is 10.0 Å². The highest BCUT2D eigenvalue weighted by Gasteiger charge is 2.43. The largest absolute Gasteiger partial charge is 0.495 e. The predicted octanol–water partition coefficient (Wildman–Crippen LogP) is 2.53. The Morgan fingerprint density at radius 1 is 1.28 bits per heavy atom. The van der Waals surface area contributed by atoms with Crippen LogP contribution in [0.3, 0.4) is 0 Å². The molecule has 158 valence electrons. The number of aryl methyl sites for hydroxylation is 1. The van der Waals surface area contributed by atoms with Gasteiger partial charge in [-0.3, -0.25) is 14.8 Å². The SMILES string of the molecule is COc1ccc(-c2ccn(CC[C@](C)(C(=O)NO)S(C)(=O)=O)c(=O)c2)c(Cl)c1Cl. The Bertz CT molecular complexity index is 1100. The number of halogens is 2. The fourth-order valence-electron chi connectivity index (χ4n) is 2.69. The first-order valence-corrected chi connectivity index (χ1v) is 11.0. The molecule has 0 saturated carbocycles. The average molecular weight is 463 g/mol. The molecule has 1 aromatic heterocycles. The summed E-state index contributed by atoms with van der Waals surface area (Å²) in [4.78, 5) is 24.4. The lowest BCUT2D eigenvalue weighted by molar-refractivity contribution is -0.131.